The van der Waals surface area contributed by atoms with Crippen LogP contribution in [0.2, 0.25) is 0 Å². The summed E-state index contributed by atoms with van der Waals surface area (Å²) in [4.78, 5) is 30.5. The molecular formula is C20H28N2O3S. The summed E-state index contributed by atoms with van der Waals surface area (Å²) in [5, 5.41) is 1.96. The van der Waals surface area contributed by atoms with E-state index in [0.29, 0.717) is 30.8 Å². The fourth-order valence-electron chi connectivity index (χ4n) is 3.49. The number of imide groups is 1. The zero-order chi connectivity index (χ0) is 18.4. The van der Waals surface area contributed by atoms with Crippen molar-refractivity contribution in [3.8, 4) is 0 Å². The molecule has 3 rings (SSSR count). The van der Waals surface area contributed by atoms with Crippen LogP contribution in [0.4, 0.5) is 0 Å². The minimum atomic E-state index is -0.147. The second kappa shape index (κ2) is 9.33. The number of carbonyl (C=O) groups excluding carboxylic acids is 2. The van der Waals surface area contributed by atoms with Gasteiger partial charge in [-0.25, -0.2) is 0 Å². The molecule has 0 radical (unpaired) electrons. The van der Waals surface area contributed by atoms with E-state index in [2.05, 4.69) is 11.8 Å². The van der Waals surface area contributed by atoms with E-state index in [1.807, 2.05) is 17.5 Å². The monoisotopic (exact) mass is 376 g/mol. The highest BCUT2D eigenvalue weighted by Crippen LogP contribution is 2.35. The number of ether oxygens (including phenoxy) is 1. The number of piperidine rings is 1. The minimum Gasteiger partial charge on any atom is -0.381 e. The Morgan fingerprint density at radius 3 is 2.54 bits per heavy atom. The topological polar surface area (TPSA) is 49.9 Å². The normalized spacial score (nSPS) is 18.3. The van der Waals surface area contributed by atoms with Crippen molar-refractivity contribution in [3.05, 3.63) is 28.1 Å². The molecule has 0 bridgehead atoms. The number of amides is 2. The lowest BCUT2D eigenvalue weighted by atomic mass is 10.1. The van der Waals surface area contributed by atoms with Gasteiger partial charge in [-0.05, 0) is 43.6 Å². The predicted octanol–water partition coefficient (Wildman–Crippen LogP) is 3.52. The molecule has 2 aliphatic rings. The van der Waals surface area contributed by atoms with Crippen molar-refractivity contribution < 1.29 is 14.3 Å². The lowest BCUT2D eigenvalue weighted by Gasteiger charge is -2.29. The first-order valence-corrected chi connectivity index (χ1v) is 10.6. The molecule has 0 atom stereocenters. The molecule has 6 heteroatoms. The summed E-state index contributed by atoms with van der Waals surface area (Å²) in [7, 11) is 0. The van der Waals surface area contributed by atoms with Gasteiger partial charge >= 0.3 is 0 Å². The number of likely N-dealkylation sites (tertiary alicyclic amines) is 1. The number of rotatable bonds is 9. The Bertz CT molecular complexity index is 648. The quantitative estimate of drug-likeness (QED) is 0.489. The Morgan fingerprint density at radius 2 is 1.85 bits per heavy atom. The van der Waals surface area contributed by atoms with Gasteiger partial charge in [0, 0.05) is 37.7 Å². The van der Waals surface area contributed by atoms with Crippen LogP contribution in [0.5, 0.6) is 0 Å². The average Bonchev–Trinajstić information content (AvgIpc) is 3.26. The SMILES string of the molecule is CCCCOCCCN1C(=O)C(c2cccs2)=C(N2CCCCC2)C1=O. The molecule has 1 aromatic heterocycles. The number of thiophene rings is 1. The van der Waals surface area contributed by atoms with E-state index in [1.54, 1.807) is 0 Å². The summed E-state index contributed by atoms with van der Waals surface area (Å²) in [6.45, 7) is 5.61. The molecule has 1 aromatic rings. The zero-order valence-corrected chi connectivity index (χ0v) is 16.4. The fraction of sp³-hybridized carbons (Fsp3) is 0.600. The maximum Gasteiger partial charge on any atom is 0.277 e. The van der Waals surface area contributed by atoms with Gasteiger partial charge in [0.25, 0.3) is 11.8 Å². The second-order valence-corrected chi connectivity index (χ2v) is 7.78. The van der Waals surface area contributed by atoms with Crippen molar-refractivity contribution in [3.63, 3.8) is 0 Å². The standard InChI is InChI=1S/C20H28N2O3S/c1-2-3-13-25-14-8-12-22-19(23)17(16-9-7-15-26-16)18(20(22)24)21-10-5-4-6-11-21/h7,9,15H,2-6,8,10-14H2,1H3. The van der Waals surface area contributed by atoms with Crippen LogP contribution in [0.1, 0.15) is 50.3 Å². The van der Waals surface area contributed by atoms with Crippen molar-refractivity contribution >= 4 is 28.7 Å². The van der Waals surface area contributed by atoms with Crippen LogP contribution in [-0.4, -0.2) is 54.5 Å². The van der Waals surface area contributed by atoms with Crippen molar-refractivity contribution in [2.75, 3.05) is 32.8 Å². The molecule has 3 heterocycles. The third-order valence-corrected chi connectivity index (χ3v) is 5.78. The number of hydrogen-bond donors (Lipinski definition) is 0. The molecule has 26 heavy (non-hydrogen) atoms. The zero-order valence-electron chi connectivity index (χ0n) is 15.5. The molecule has 142 valence electrons. The highest BCUT2D eigenvalue weighted by atomic mass is 32.1. The molecule has 2 aliphatic heterocycles. The van der Waals surface area contributed by atoms with Gasteiger partial charge in [-0.15, -0.1) is 11.3 Å². The number of carbonyl (C=O) groups is 2. The van der Waals surface area contributed by atoms with E-state index < -0.39 is 0 Å². The number of hydrogen-bond acceptors (Lipinski definition) is 5. The largest absolute Gasteiger partial charge is 0.381 e. The molecule has 0 saturated carbocycles. The van der Waals surface area contributed by atoms with Crippen LogP contribution in [0, 0.1) is 0 Å². The van der Waals surface area contributed by atoms with Crippen LogP contribution >= 0.6 is 11.3 Å². The van der Waals surface area contributed by atoms with Crippen molar-refractivity contribution in [1.82, 2.24) is 9.80 Å². The Balaban J connectivity index is 1.71. The lowest BCUT2D eigenvalue weighted by molar-refractivity contribution is -0.137. The van der Waals surface area contributed by atoms with Crippen LogP contribution in [0.15, 0.2) is 23.2 Å². The highest BCUT2D eigenvalue weighted by Gasteiger charge is 2.41. The molecular weight excluding hydrogens is 348 g/mol. The highest BCUT2D eigenvalue weighted by molar-refractivity contribution is 7.11. The van der Waals surface area contributed by atoms with Gasteiger partial charge in [-0.2, -0.15) is 0 Å². The van der Waals surface area contributed by atoms with Crippen LogP contribution in [-0.2, 0) is 14.3 Å². The van der Waals surface area contributed by atoms with Gasteiger partial charge in [0.2, 0.25) is 0 Å². The third-order valence-electron chi connectivity index (χ3n) is 4.90. The predicted molar refractivity (Wildman–Crippen MR) is 104 cm³/mol. The first-order valence-electron chi connectivity index (χ1n) is 9.71. The molecule has 1 fully saturated rings. The summed E-state index contributed by atoms with van der Waals surface area (Å²) in [6, 6.07) is 3.87. The Kier molecular flexibility index (Phi) is 6.86. The molecule has 2 amide bonds. The second-order valence-electron chi connectivity index (χ2n) is 6.83. The molecule has 0 N–H and O–H groups in total. The molecule has 0 spiro atoms. The lowest BCUT2D eigenvalue weighted by Crippen LogP contribution is -2.37. The average molecular weight is 377 g/mol. The maximum absolute atomic E-state index is 13.1. The van der Waals surface area contributed by atoms with E-state index in [9.17, 15) is 9.59 Å². The van der Waals surface area contributed by atoms with Crippen LogP contribution in [0.25, 0.3) is 5.57 Å². The van der Waals surface area contributed by atoms with E-state index in [4.69, 9.17) is 4.74 Å². The van der Waals surface area contributed by atoms with Gasteiger partial charge in [0.05, 0.1) is 5.57 Å². The third kappa shape index (κ3) is 4.18. The smallest absolute Gasteiger partial charge is 0.277 e. The Morgan fingerprint density at radius 1 is 1.08 bits per heavy atom. The Labute approximate surface area is 159 Å². The summed E-state index contributed by atoms with van der Waals surface area (Å²) in [6.07, 6.45) is 6.19. The minimum absolute atomic E-state index is 0.131. The number of nitrogens with zero attached hydrogens (tertiary/aromatic N) is 2. The van der Waals surface area contributed by atoms with Gasteiger partial charge in [0.15, 0.2) is 0 Å². The fourth-order valence-corrected chi connectivity index (χ4v) is 4.26. The van der Waals surface area contributed by atoms with Gasteiger partial charge in [-0.1, -0.05) is 19.4 Å². The van der Waals surface area contributed by atoms with E-state index >= 15 is 0 Å². The summed E-state index contributed by atoms with van der Waals surface area (Å²) in [5.41, 5.74) is 1.21. The van der Waals surface area contributed by atoms with Gasteiger partial charge < -0.3 is 9.64 Å². The molecule has 0 aliphatic carbocycles. The summed E-state index contributed by atoms with van der Waals surface area (Å²) >= 11 is 1.52. The molecule has 5 nitrogen and oxygen atoms in total. The summed E-state index contributed by atoms with van der Waals surface area (Å²) < 4.78 is 5.58. The van der Waals surface area contributed by atoms with E-state index in [1.165, 1.54) is 22.7 Å². The van der Waals surface area contributed by atoms with E-state index in [0.717, 1.165) is 50.3 Å². The van der Waals surface area contributed by atoms with Crippen molar-refractivity contribution in [1.29, 1.82) is 0 Å². The summed E-state index contributed by atoms with van der Waals surface area (Å²) in [5.74, 6) is -0.277. The molecule has 1 saturated heterocycles. The van der Waals surface area contributed by atoms with Crippen molar-refractivity contribution in [2.24, 2.45) is 0 Å². The van der Waals surface area contributed by atoms with Crippen molar-refractivity contribution in [2.45, 2.75) is 45.4 Å². The van der Waals surface area contributed by atoms with Crippen LogP contribution < -0.4 is 0 Å². The maximum atomic E-state index is 13.1. The van der Waals surface area contributed by atoms with Gasteiger partial charge in [-0.3, -0.25) is 14.5 Å². The molecule has 0 aromatic carbocycles. The van der Waals surface area contributed by atoms with E-state index in [-0.39, 0.29) is 11.8 Å². The van der Waals surface area contributed by atoms with Gasteiger partial charge in [0.1, 0.15) is 5.70 Å². The molecule has 0 unspecified atom stereocenters. The Hall–Kier alpha value is -1.66. The van der Waals surface area contributed by atoms with Crippen LogP contribution in [0.3, 0.4) is 0 Å². The first-order chi connectivity index (χ1) is 12.7. The first kappa shape index (κ1) is 19.1. The number of unbranched alkanes of at least 4 members (excludes halogenated alkanes) is 1.